The minimum atomic E-state index is -0.862. The first-order valence-electron chi connectivity index (χ1n) is 5.59. The zero-order valence-corrected chi connectivity index (χ0v) is 11.6. The molecular formula is C12H20O5S. The highest BCUT2D eigenvalue weighted by Gasteiger charge is 2.35. The molecule has 0 amide bonds. The van der Waals surface area contributed by atoms with Crippen LogP contribution < -0.4 is 0 Å². The second-order valence-electron chi connectivity index (χ2n) is 3.88. The first-order valence-corrected chi connectivity index (χ1v) is 6.47. The van der Waals surface area contributed by atoms with Gasteiger partial charge in [-0.05, 0) is 11.4 Å². The van der Waals surface area contributed by atoms with Crippen LogP contribution >= 0.6 is 11.3 Å². The molecule has 18 heavy (non-hydrogen) atoms. The van der Waals surface area contributed by atoms with Crippen LogP contribution in [0.25, 0.3) is 0 Å². The number of thiophene rings is 1. The van der Waals surface area contributed by atoms with Crippen molar-refractivity contribution in [3.8, 4) is 0 Å². The summed E-state index contributed by atoms with van der Waals surface area (Å²) in [5.74, 6) is 0. The Morgan fingerprint density at radius 2 is 1.83 bits per heavy atom. The van der Waals surface area contributed by atoms with Gasteiger partial charge in [0.2, 0.25) is 0 Å². The summed E-state index contributed by atoms with van der Waals surface area (Å²) in [7, 11) is 4.44. The summed E-state index contributed by atoms with van der Waals surface area (Å²) in [5.41, 5.74) is 0. The van der Waals surface area contributed by atoms with E-state index in [0.29, 0.717) is 0 Å². The van der Waals surface area contributed by atoms with Gasteiger partial charge in [0.15, 0.2) is 0 Å². The smallest absolute Gasteiger partial charge is 0.117 e. The van der Waals surface area contributed by atoms with Crippen LogP contribution in [-0.2, 0) is 14.2 Å². The molecule has 0 fully saturated rings. The lowest BCUT2D eigenvalue weighted by molar-refractivity contribution is -0.145. The van der Waals surface area contributed by atoms with Crippen molar-refractivity contribution in [3.63, 3.8) is 0 Å². The fourth-order valence-electron chi connectivity index (χ4n) is 1.84. The second kappa shape index (κ2) is 7.83. The van der Waals surface area contributed by atoms with Crippen LogP contribution in [0.4, 0.5) is 0 Å². The van der Waals surface area contributed by atoms with E-state index in [2.05, 4.69) is 0 Å². The zero-order chi connectivity index (χ0) is 13.5. The minimum absolute atomic E-state index is 0.121. The van der Waals surface area contributed by atoms with Crippen molar-refractivity contribution in [1.29, 1.82) is 0 Å². The van der Waals surface area contributed by atoms with Gasteiger partial charge in [-0.15, -0.1) is 11.3 Å². The maximum Gasteiger partial charge on any atom is 0.117 e. The van der Waals surface area contributed by atoms with E-state index in [1.165, 1.54) is 32.7 Å². The number of aliphatic hydroxyl groups excluding tert-OH is 2. The van der Waals surface area contributed by atoms with Gasteiger partial charge in [0.05, 0.1) is 6.61 Å². The van der Waals surface area contributed by atoms with Gasteiger partial charge in [0.1, 0.15) is 24.4 Å². The van der Waals surface area contributed by atoms with Crippen LogP contribution in [0.2, 0.25) is 0 Å². The van der Waals surface area contributed by atoms with Gasteiger partial charge in [-0.1, -0.05) is 6.07 Å². The van der Waals surface area contributed by atoms with Gasteiger partial charge < -0.3 is 24.4 Å². The summed E-state index contributed by atoms with van der Waals surface area (Å²) in [6, 6.07) is 3.67. The summed E-state index contributed by atoms with van der Waals surface area (Å²) < 4.78 is 15.4. The number of methoxy groups -OCH3 is 3. The number of hydrogen-bond acceptors (Lipinski definition) is 6. The van der Waals surface area contributed by atoms with Gasteiger partial charge in [-0.3, -0.25) is 0 Å². The molecule has 104 valence electrons. The van der Waals surface area contributed by atoms with Gasteiger partial charge in [0, 0.05) is 26.2 Å². The molecule has 5 nitrogen and oxygen atoms in total. The molecule has 1 heterocycles. The Kier molecular flexibility index (Phi) is 6.77. The zero-order valence-electron chi connectivity index (χ0n) is 10.8. The van der Waals surface area contributed by atoms with E-state index in [0.717, 1.165) is 4.88 Å². The molecule has 0 radical (unpaired) electrons. The van der Waals surface area contributed by atoms with E-state index in [-0.39, 0.29) is 6.61 Å². The van der Waals surface area contributed by atoms with Crippen molar-refractivity contribution in [2.45, 2.75) is 24.4 Å². The van der Waals surface area contributed by atoms with Crippen LogP contribution in [0.3, 0.4) is 0 Å². The molecule has 1 aromatic rings. The molecule has 4 atom stereocenters. The third kappa shape index (κ3) is 3.74. The number of rotatable bonds is 8. The van der Waals surface area contributed by atoms with E-state index in [4.69, 9.17) is 14.2 Å². The van der Waals surface area contributed by atoms with E-state index in [9.17, 15) is 10.2 Å². The van der Waals surface area contributed by atoms with E-state index in [1.807, 2.05) is 17.5 Å². The summed E-state index contributed by atoms with van der Waals surface area (Å²) >= 11 is 1.43. The highest BCUT2D eigenvalue weighted by atomic mass is 32.1. The number of aliphatic hydroxyl groups is 2. The molecule has 0 aliphatic rings. The molecule has 0 unspecified atom stereocenters. The van der Waals surface area contributed by atoms with Crippen molar-refractivity contribution in [2.75, 3.05) is 27.9 Å². The molecular weight excluding hydrogens is 256 g/mol. The summed E-state index contributed by atoms with van der Waals surface area (Å²) in [6.07, 6.45) is -3.02. The maximum atomic E-state index is 10.2. The van der Waals surface area contributed by atoms with Crippen molar-refractivity contribution >= 4 is 11.3 Å². The molecule has 6 heteroatoms. The predicted octanol–water partition coefficient (Wildman–Crippen LogP) is 0.819. The molecule has 0 aliphatic carbocycles. The Morgan fingerprint density at radius 3 is 2.28 bits per heavy atom. The van der Waals surface area contributed by atoms with Gasteiger partial charge in [0.25, 0.3) is 0 Å². The fourth-order valence-corrected chi connectivity index (χ4v) is 2.58. The summed E-state index contributed by atoms with van der Waals surface area (Å²) in [4.78, 5) is 0.772. The molecule has 2 N–H and O–H groups in total. The Labute approximate surface area is 111 Å². The van der Waals surface area contributed by atoms with Crippen molar-refractivity contribution in [3.05, 3.63) is 22.4 Å². The third-order valence-electron chi connectivity index (χ3n) is 2.73. The maximum absolute atomic E-state index is 10.2. The van der Waals surface area contributed by atoms with E-state index in [1.54, 1.807) is 0 Å². The average Bonchev–Trinajstić information content (AvgIpc) is 2.88. The Morgan fingerprint density at radius 1 is 1.17 bits per heavy atom. The molecule has 0 aliphatic heterocycles. The molecule has 1 aromatic heterocycles. The molecule has 0 saturated heterocycles. The topological polar surface area (TPSA) is 68.2 Å². The normalized spacial score (nSPS) is 18.3. The van der Waals surface area contributed by atoms with E-state index >= 15 is 0 Å². The summed E-state index contributed by atoms with van der Waals surface area (Å²) in [5, 5.41) is 22.0. The highest BCUT2D eigenvalue weighted by Crippen LogP contribution is 2.27. The van der Waals surface area contributed by atoms with Crippen LogP contribution in [-0.4, -0.2) is 56.5 Å². The Hall–Kier alpha value is -0.500. The SMILES string of the molecule is COC[C@@H](O)[C@H](OC)[C@@H](OC)[C@@H](O)c1cccs1. The standard InChI is InChI=1S/C12H20O5S/c1-15-7-8(13)11(16-2)12(17-3)10(14)9-5-4-6-18-9/h4-6,8,10-14H,7H2,1-3H3/t8-,10+,11+,12+/m1/s1. The first kappa shape index (κ1) is 15.6. The van der Waals surface area contributed by atoms with E-state index < -0.39 is 24.4 Å². The fraction of sp³-hybridized carbons (Fsp3) is 0.667. The van der Waals surface area contributed by atoms with Crippen molar-refractivity contribution in [1.82, 2.24) is 0 Å². The van der Waals surface area contributed by atoms with Crippen LogP contribution in [0.1, 0.15) is 11.0 Å². The van der Waals surface area contributed by atoms with Crippen LogP contribution in [0.5, 0.6) is 0 Å². The Bertz CT molecular complexity index is 316. The van der Waals surface area contributed by atoms with Crippen LogP contribution in [0.15, 0.2) is 17.5 Å². The van der Waals surface area contributed by atoms with Crippen molar-refractivity contribution < 1.29 is 24.4 Å². The quantitative estimate of drug-likeness (QED) is 0.736. The molecule has 1 rings (SSSR count). The predicted molar refractivity (Wildman–Crippen MR) is 68.8 cm³/mol. The largest absolute Gasteiger partial charge is 0.388 e. The number of hydrogen-bond donors (Lipinski definition) is 2. The first-order chi connectivity index (χ1) is 8.65. The lowest BCUT2D eigenvalue weighted by Gasteiger charge is -2.31. The lowest BCUT2D eigenvalue weighted by atomic mass is 10.0. The second-order valence-corrected chi connectivity index (χ2v) is 4.86. The van der Waals surface area contributed by atoms with Gasteiger partial charge in [-0.2, -0.15) is 0 Å². The van der Waals surface area contributed by atoms with Gasteiger partial charge >= 0.3 is 0 Å². The van der Waals surface area contributed by atoms with Crippen LogP contribution in [0, 0.1) is 0 Å². The average molecular weight is 276 g/mol. The monoisotopic (exact) mass is 276 g/mol. The minimum Gasteiger partial charge on any atom is -0.388 e. The van der Waals surface area contributed by atoms with Gasteiger partial charge in [-0.25, -0.2) is 0 Å². The third-order valence-corrected chi connectivity index (χ3v) is 3.67. The Balaban J connectivity index is 2.79. The molecule has 0 aromatic carbocycles. The highest BCUT2D eigenvalue weighted by molar-refractivity contribution is 7.10. The molecule has 0 spiro atoms. The molecule has 0 bridgehead atoms. The molecule has 0 saturated carbocycles. The van der Waals surface area contributed by atoms with Crippen molar-refractivity contribution in [2.24, 2.45) is 0 Å². The summed E-state index contributed by atoms with van der Waals surface area (Å²) in [6.45, 7) is 0.121. The number of ether oxygens (including phenoxy) is 3. The lowest BCUT2D eigenvalue weighted by Crippen LogP contribution is -2.45.